The second-order valence-corrected chi connectivity index (χ2v) is 7.32. The molecule has 0 aliphatic carbocycles. The van der Waals surface area contributed by atoms with Crippen LogP contribution in [0.3, 0.4) is 0 Å². The molecule has 136 valence electrons. The third-order valence-corrected chi connectivity index (χ3v) is 4.15. The Bertz CT molecular complexity index is 618. The monoisotopic (exact) mass is 345 g/mol. The van der Waals surface area contributed by atoms with E-state index in [9.17, 15) is 9.59 Å². The minimum atomic E-state index is -0.552. The van der Waals surface area contributed by atoms with Crippen molar-refractivity contribution in [3.63, 3.8) is 0 Å². The van der Waals surface area contributed by atoms with Gasteiger partial charge in [-0.15, -0.1) is 0 Å². The molecule has 1 aliphatic heterocycles. The lowest BCUT2D eigenvalue weighted by atomic mass is 9.92. The van der Waals surface area contributed by atoms with E-state index >= 15 is 0 Å². The molecule has 1 aliphatic rings. The van der Waals surface area contributed by atoms with E-state index in [1.54, 1.807) is 4.90 Å². The van der Waals surface area contributed by atoms with Crippen molar-refractivity contribution in [1.82, 2.24) is 4.90 Å². The van der Waals surface area contributed by atoms with Gasteiger partial charge in [-0.25, -0.2) is 4.79 Å². The van der Waals surface area contributed by atoms with Gasteiger partial charge in [-0.2, -0.15) is 0 Å². The number of carbonyl (C=O) groups excluding carboxylic acids is 2. The molecule has 1 aromatic rings. The van der Waals surface area contributed by atoms with Crippen LogP contribution in [0.4, 0.5) is 4.79 Å². The lowest BCUT2D eigenvalue weighted by Gasteiger charge is -2.24. The van der Waals surface area contributed by atoms with Crippen LogP contribution in [-0.4, -0.2) is 42.8 Å². The molecule has 0 radical (unpaired) electrons. The summed E-state index contributed by atoms with van der Waals surface area (Å²) >= 11 is 0. The van der Waals surface area contributed by atoms with Gasteiger partial charge in [0.25, 0.3) is 0 Å². The van der Waals surface area contributed by atoms with Crippen LogP contribution in [-0.2, 0) is 14.3 Å². The molecule has 2 atom stereocenters. The van der Waals surface area contributed by atoms with Crippen molar-refractivity contribution in [3.05, 3.63) is 42.0 Å². The zero-order valence-electron chi connectivity index (χ0n) is 15.4. The summed E-state index contributed by atoms with van der Waals surface area (Å²) in [4.78, 5) is 26.0. The maximum Gasteiger partial charge on any atom is 0.410 e. The van der Waals surface area contributed by atoms with Crippen LogP contribution in [0.5, 0.6) is 0 Å². The average molecular weight is 345 g/mol. The second kappa shape index (κ2) is 8.19. The first kappa shape index (κ1) is 19.0. The minimum absolute atomic E-state index is 0.0277. The van der Waals surface area contributed by atoms with E-state index in [1.807, 2.05) is 57.2 Å². The molecule has 0 bridgehead atoms. The van der Waals surface area contributed by atoms with E-state index in [0.717, 1.165) is 5.56 Å². The smallest absolute Gasteiger partial charge is 0.410 e. The molecular formula is C20H27NO4. The summed E-state index contributed by atoms with van der Waals surface area (Å²) in [5, 5.41) is 0. The highest BCUT2D eigenvalue weighted by Gasteiger charge is 2.40. The zero-order valence-corrected chi connectivity index (χ0v) is 15.4. The molecule has 1 fully saturated rings. The van der Waals surface area contributed by atoms with Crippen LogP contribution >= 0.6 is 0 Å². The number of nitrogens with zero attached hydrogens (tertiary/aromatic N) is 1. The maximum atomic E-state index is 12.3. The lowest BCUT2D eigenvalue weighted by molar-refractivity contribution is -0.146. The zero-order chi connectivity index (χ0) is 18.4. The first-order chi connectivity index (χ1) is 11.8. The topological polar surface area (TPSA) is 55.8 Å². The summed E-state index contributed by atoms with van der Waals surface area (Å²) in [7, 11) is 1.38. The van der Waals surface area contributed by atoms with E-state index in [0.29, 0.717) is 19.5 Å². The Labute approximate surface area is 149 Å². The van der Waals surface area contributed by atoms with E-state index < -0.39 is 5.60 Å². The van der Waals surface area contributed by atoms with E-state index in [2.05, 4.69) is 6.08 Å². The predicted octanol–water partition coefficient (Wildman–Crippen LogP) is 3.75. The molecule has 0 saturated carbocycles. The highest BCUT2D eigenvalue weighted by atomic mass is 16.6. The van der Waals surface area contributed by atoms with E-state index in [-0.39, 0.29) is 23.9 Å². The lowest BCUT2D eigenvalue weighted by Crippen LogP contribution is -2.36. The third kappa shape index (κ3) is 5.62. The summed E-state index contributed by atoms with van der Waals surface area (Å²) in [5.41, 5.74) is 0.558. The number of ether oxygens (including phenoxy) is 2. The number of carbonyl (C=O) groups is 2. The van der Waals surface area contributed by atoms with Gasteiger partial charge < -0.3 is 14.4 Å². The Morgan fingerprint density at radius 3 is 2.48 bits per heavy atom. The van der Waals surface area contributed by atoms with Crippen molar-refractivity contribution < 1.29 is 19.1 Å². The number of hydrogen-bond donors (Lipinski definition) is 0. The summed E-state index contributed by atoms with van der Waals surface area (Å²) in [5.74, 6) is -0.568. The Kier molecular flexibility index (Phi) is 6.23. The highest BCUT2D eigenvalue weighted by Crippen LogP contribution is 2.29. The van der Waals surface area contributed by atoms with Gasteiger partial charge in [-0.05, 0) is 38.7 Å². The van der Waals surface area contributed by atoms with Crippen LogP contribution in [0.15, 0.2) is 36.4 Å². The van der Waals surface area contributed by atoms with Gasteiger partial charge in [0.15, 0.2) is 0 Å². The van der Waals surface area contributed by atoms with Gasteiger partial charge in [-0.1, -0.05) is 42.5 Å². The Balaban J connectivity index is 2.02. The Hall–Kier alpha value is -2.30. The van der Waals surface area contributed by atoms with Crippen molar-refractivity contribution in [2.24, 2.45) is 11.8 Å². The standard InChI is InChI=1S/C20H27NO4/c1-20(2,3)25-19(23)21-13-16(17(14-21)18(22)24-4)12-8-11-15-9-6-5-7-10-15/h5-11,16-17H,12-14H2,1-4H3/b11-8-/t16-,17-/m0/s1. The number of benzene rings is 1. The number of rotatable bonds is 4. The first-order valence-corrected chi connectivity index (χ1v) is 8.57. The average Bonchev–Trinajstić information content (AvgIpc) is 2.98. The number of amides is 1. The largest absolute Gasteiger partial charge is 0.469 e. The van der Waals surface area contributed by atoms with Gasteiger partial charge in [0, 0.05) is 13.1 Å². The van der Waals surface area contributed by atoms with Gasteiger partial charge in [0.2, 0.25) is 0 Å². The molecule has 1 aromatic carbocycles. The molecule has 0 aromatic heterocycles. The fourth-order valence-electron chi connectivity index (χ4n) is 2.95. The SMILES string of the molecule is COC(=O)[C@H]1CN(C(=O)OC(C)(C)C)C[C@@H]1C/C=C\c1ccccc1. The number of allylic oxidation sites excluding steroid dienone is 1. The molecule has 2 rings (SSSR count). The van der Waals surface area contributed by atoms with Crippen LogP contribution in [0.1, 0.15) is 32.8 Å². The number of methoxy groups -OCH3 is 1. The fraction of sp³-hybridized carbons (Fsp3) is 0.500. The molecule has 5 nitrogen and oxygen atoms in total. The van der Waals surface area contributed by atoms with Crippen LogP contribution in [0.25, 0.3) is 6.08 Å². The molecular weight excluding hydrogens is 318 g/mol. The number of esters is 1. The van der Waals surface area contributed by atoms with Gasteiger partial charge in [0.1, 0.15) is 5.60 Å². The van der Waals surface area contributed by atoms with Crippen molar-refractivity contribution in [3.8, 4) is 0 Å². The fourth-order valence-corrected chi connectivity index (χ4v) is 2.95. The van der Waals surface area contributed by atoms with Crippen LogP contribution < -0.4 is 0 Å². The number of hydrogen-bond acceptors (Lipinski definition) is 4. The second-order valence-electron chi connectivity index (χ2n) is 7.32. The van der Waals surface area contributed by atoms with Gasteiger partial charge in [-0.3, -0.25) is 4.79 Å². The molecule has 0 unspecified atom stereocenters. The molecule has 5 heteroatoms. The van der Waals surface area contributed by atoms with E-state index in [1.165, 1.54) is 7.11 Å². The van der Waals surface area contributed by atoms with Gasteiger partial charge >= 0.3 is 12.1 Å². The molecule has 0 N–H and O–H groups in total. The summed E-state index contributed by atoms with van der Waals surface area (Å²) in [6, 6.07) is 9.99. The summed E-state index contributed by atoms with van der Waals surface area (Å²) < 4.78 is 10.3. The maximum absolute atomic E-state index is 12.3. The molecule has 0 spiro atoms. The number of likely N-dealkylation sites (tertiary alicyclic amines) is 1. The van der Waals surface area contributed by atoms with Crippen molar-refractivity contribution in [1.29, 1.82) is 0 Å². The Morgan fingerprint density at radius 2 is 1.88 bits per heavy atom. The highest BCUT2D eigenvalue weighted by molar-refractivity contribution is 5.76. The van der Waals surface area contributed by atoms with Gasteiger partial charge in [0.05, 0.1) is 13.0 Å². The molecule has 25 heavy (non-hydrogen) atoms. The molecule has 1 amide bonds. The first-order valence-electron chi connectivity index (χ1n) is 8.57. The summed E-state index contributed by atoms with van der Waals surface area (Å²) in [6.45, 7) is 6.33. The van der Waals surface area contributed by atoms with E-state index in [4.69, 9.17) is 9.47 Å². The molecule has 1 saturated heterocycles. The van der Waals surface area contributed by atoms with Crippen molar-refractivity contribution in [2.75, 3.05) is 20.2 Å². The van der Waals surface area contributed by atoms with Crippen molar-refractivity contribution in [2.45, 2.75) is 32.8 Å². The normalized spacial score (nSPS) is 20.7. The third-order valence-electron chi connectivity index (χ3n) is 4.15. The van der Waals surface area contributed by atoms with Crippen LogP contribution in [0, 0.1) is 11.8 Å². The Morgan fingerprint density at radius 1 is 1.20 bits per heavy atom. The quantitative estimate of drug-likeness (QED) is 0.780. The van der Waals surface area contributed by atoms with Crippen LogP contribution in [0.2, 0.25) is 0 Å². The minimum Gasteiger partial charge on any atom is -0.469 e. The predicted molar refractivity (Wildman–Crippen MR) is 96.9 cm³/mol. The molecule has 1 heterocycles. The van der Waals surface area contributed by atoms with Crippen molar-refractivity contribution >= 4 is 18.1 Å². The summed E-state index contributed by atoms with van der Waals surface area (Å²) in [6.07, 6.45) is 4.41.